The maximum Gasteiger partial charge on any atom is 0.266 e. The van der Waals surface area contributed by atoms with Gasteiger partial charge in [-0.25, -0.2) is 4.98 Å². The van der Waals surface area contributed by atoms with Crippen molar-refractivity contribution in [3.05, 3.63) is 47.0 Å². The van der Waals surface area contributed by atoms with E-state index in [9.17, 15) is 4.79 Å². The highest BCUT2D eigenvalue weighted by atomic mass is 35.5. The van der Waals surface area contributed by atoms with Crippen LogP contribution in [-0.4, -0.2) is 56.7 Å². The molecule has 8 heteroatoms. The Morgan fingerprint density at radius 3 is 2.67 bits per heavy atom. The van der Waals surface area contributed by atoms with Crippen molar-refractivity contribution in [2.24, 2.45) is 0 Å². The van der Waals surface area contributed by atoms with Crippen LogP contribution in [0.3, 0.4) is 0 Å². The summed E-state index contributed by atoms with van der Waals surface area (Å²) in [7, 11) is 5.63. The normalized spacial score (nSPS) is 11.1. The molecule has 160 valence electrons. The topological polar surface area (TPSA) is 54.9 Å². The van der Waals surface area contributed by atoms with Crippen LogP contribution in [0.5, 0.6) is 11.5 Å². The third-order valence-electron chi connectivity index (χ3n) is 4.66. The highest BCUT2D eigenvalue weighted by molar-refractivity contribution is 7.22. The van der Waals surface area contributed by atoms with E-state index in [1.54, 1.807) is 24.1 Å². The van der Waals surface area contributed by atoms with Crippen LogP contribution >= 0.6 is 22.9 Å². The number of amides is 1. The zero-order chi connectivity index (χ0) is 21.7. The van der Waals surface area contributed by atoms with E-state index in [1.165, 1.54) is 11.3 Å². The number of carbonyl (C=O) groups is 1. The number of halogens is 1. The van der Waals surface area contributed by atoms with Crippen molar-refractivity contribution >= 4 is 44.2 Å². The predicted octanol–water partition coefficient (Wildman–Crippen LogP) is 4.63. The summed E-state index contributed by atoms with van der Waals surface area (Å²) in [6, 6.07) is 11.0. The molecule has 1 heterocycles. The molecule has 0 aliphatic carbocycles. The van der Waals surface area contributed by atoms with Gasteiger partial charge >= 0.3 is 0 Å². The van der Waals surface area contributed by atoms with Crippen molar-refractivity contribution in [1.29, 1.82) is 0 Å². The molecule has 0 aliphatic heterocycles. The molecule has 0 saturated heterocycles. The maximum atomic E-state index is 13.1. The fourth-order valence-electron chi connectivity index (χ4n) is 2.99. The van der Waals surface area contributed by atoms with Gasteiger partial charge in [-0.05, 0) is 63.8 Å². The number of carbonyl (C=O) groups excluding carboxylic acids is 1. The number of fused-ring (bicyclic) bond motifs is 1. The summed E-state index contributed by atoms with van der Waals surface area (Å²) in [6.45, 7) is 3.30. The van der Waals surface area contributed by atoms with Gasteiger partial charge in [0, 0.05) is 17.6 Å². The fraction of sp³-hybridized carbons (Fsp3) is 0.364. The van der Waals surface area contributed by atoms with E-state index < -0.39 is 0 Å². The molecule has 6 nitrogen and oxygen atoms in total. The standard InChI is InChI=1S/C22H26ClN3O3S/c1-15-18(23)9-10-19-21(15)24-22(30-19)26(12-6-11-25(2)3)20(27)14-29-17-8-5-7-16(13-17)28-4/h5,7-10,13H,6,11-12,14H2,1-4H3. The molecule has 3 aromatic rings. The lowest BCUT2D eigenvalue weighted by atomic mass is 10.2. The SMILES string of the molecule is COc1cccc(OCC(=O)N(CCCN(C)C)c2nc3c(C)c(Cl)ccc3s2)c1. The summed E-state index contributed by atoms with van der Waals surface area (Å²) in [5.41, 5.74) is 1.76. The average Bonchev–Trinajstić information content (AvgIpc) is 3.17. The molecular weight excluding hydrogens is 422 g/mol. The molecule has 0 saturated carbocycles. The van der Waals surface area contributed by atoms with E-state index in [-0.39, 0.29) is 12.5 Å². The van der Waals surface area contributed by atoms with Crippen LogP contribution in [-0.2, 0) is 4.79 Å². The second-order valence-electron chi connectivity index (χ2n) is 7.19. The minimum Gasteiger partial charge on any atom is -0.497 e. The predicted molar refractivity (Wildman–Crippen MR) is 123 cm³/mol. The van der Waals surface area contributed by atoms with Gasteiger partial charge in [0.25, 0.3) is 5.91 Å². The summed E-state index contributed by atoms with van der Waals surface area (Å²) in [6.07, 6.45) is 0.827. The molecule has 3 rings (SSSR count). The van der Waals surface area contributed by atoms with Crippen LogP contribution in [0.15, 0.2) is 36.4 Å². The van der Waals surface area contributed by atoms with Gasteiger partial charge in [-0.1, -0.05) is 29.0 Å². The molecule has 0 fully saturated rings. The Balaban J connectivity index is 1.80. The summed E-state index contributed by atoms with van der Waals surface area (Å²) < 4.78 is 11.9. The number of ether oxygens (including phenoxy) is 2. The van der Waals surface area contributed by atoms with Crippen molar-refractivity contribution < 1.29 is 14.3 Å². The van der Waals surface area contributed by atoms with Crippen molar-refractivity contribution in [2.75, 3.05) is 45.8 Å². The molecule has 0 atom stereocenters. The summed E-state index contributed by atoms with van der Waals surface area (Å²) in [4.78, 5) is 21.6. The molecule has 0 bridgehead atoms. The second-order valence-corrected chi connectivity index (χ2v) is 8.60. The van der Waals surface area contributed by atoms with Gasteiger partial charge in [0.1, 0.15) is 11.5 Å². The van der Waals surface area contributed by atoms with E-state index in [4.69, 9.17) is 26.1 Å². The third-order valence-corrected chi connectivity index (χ3v) is 6.11. The van der Waals surface area contributed by atoms with Crippen LogP contribution in [0.1, 0.15) is 12.0 Å². The zero-order valence-electron chi connectivity index (χ0n) is 17.6. The number of aryl methyl sites for hydroxylation is 1. The summed E-state index contributed by atoms with van der Waals surface area (Å²) in [5, 5.41) is 1.33. The number of hydrogen-bond donors (Lipinski definition) is 0. The Morgan fingerprint density at radius 2 is 1.93 bits per heavy atom. The van der Waals surface area contributed by atoms with Crippen LogP contribution in [0.2, 0.25) is 5.02 Å². The molecule has 1 amide bonds. The number of thiazole rings is 1. The fourth-order valence-corrected chi connectivity index (χ4v) is 4.21. The first-order chi connectivity index (χ1) is 14.4. The highest BCUT2D eigenvalue weighted by Gasteiger charge is 2.21. The van der Waals surface area contributed by atoms with Crippen molar-refractivity contribution in [1.82, 2.24) is 9.88 Å². The number of nitrogens with zero attached hydrogens (tertiary/aromatic N) is 3. The van der Waals surface area contributed by atoms with Crippen LogP contribution in [0, 0.1) is 6.92 Å². The number of hydrogen-bond acceptors (Lipinski definition) is 6. The van der Waals surface area contributed by atoms with E-state index in [0.717, 1.165) is 28.7 Å². The van der Waals surface area contributed by atoms with Gasteiger partial charge in [-0.2, -0.15) is 0 Å². The smallest absolute Gasteiger partial charge is 0.266 e. The molecule has 0 N–H and O–H groups in total. The molecule has 0 spiro atoms. The molecule has 2 aromatic carbocycles. The Hall–Kier alpha value is -2.35. The highest BCUT2D eigenvalue weighted by Crippen LogP contribution is 2.33. The van der Waals surface area contributed by atoms with E-state index >= 15 is 0 Å². The van der Waals surface area contributed by atoms with Crippen LogP contribution in [0.25, 0.3) is 10.2 Å². The lowest BCUT2D eigenvalue weighted by Crippen LogP contribution is -2.36. The van der Waals surface area contributed by atoms with Crippen molar-refractivity contribution in [2.45, 2.75) is 13.3 Å². The lowest BCUT2D eigenvalue weighted by molar-refractivity contribution is -0.120. The Labute approximate surface area is 186 Å². The number of anilines is 1. The molecule has 30 heavy (non-hydrogen) atoms. The van der Waals surface area contributed by atoms with Gasteiger partial charge in [0.05, 0.1) is 17.3 Å². The summed E-state index contributed by atoms with van der Waals surface area (Å²) in [5.74, 6) is 1.13. The Kier molecular flexibility index (Phi) is 7.53. The first-order valence-electron chi connectivity index (χ1n) is 9.66. The Morgan fingerprint density at radius 1 is 1.17 bits per heavy atom. The van der Waals surface area contributed by atoms with Crippen molar-refractivity contribution in [3.8, 4) is 11.5 Å². The quantitative estimate of drug-likeness (QED) is 0.478. The van der Waals surface area contributed by atoms with Crippen molar-refractivity contribution in [3.63, 3.8) is 0 Å². The minimum absolute atomic E-state index is 0.0786. The average molecular weight is 448 g/mol. The Bertz CT molecular complexity index is 1020. The number of methoxy groups -OCH3 is 1. The van der Waals surface area contributed by atoms with Crippen LogP contribution in [0.4, 0.5) is 5.13 Å². The molecule has 1 aromatic heterocycles. The molecule has 0 radical (unpaired) electrons. The third kappa shape index (κ3) is 5.41. The number of benzene rings is 2. The van der Waals surface area contributed by atoms with Gasteiger partial charge in [0.15, 0.2) is 11.7 Å². The number of rotatable bonds is 9. The first-order valence-corrected chi connectivity index (χ1v) is 10.9. The maximum absolute atomic E-state index is 13.1. The lowest BCUT2D eigenvalue weighted by Gasteiger charge is -2.21. The van der Waals surface area contributed by atoms with Gasteiger partial charge in [-0.15, -0.1) is 0 Å². The second kappa shape index (κ2) is 10.1. The molecule has 0 unspecified atom stereocenters. The van der Waals surface area contributed by atoms with E-state index in [2.05, 4.69) is 4.90 Å². The molecular formula is C22H26ClN3O3S. The van der Waals surface area contributed by atoms with Crippen LogP contribution < -0.4 is 14.4 Å². The first kappa shape index (κ1) is 22.3. The van der Waals surface area contributed by atoms with Gasteiger partial charge in [-0.3, -0.25) is 9.69 Å². The van der Waals surface area contributed by atoms with E-state index in [0.29, 0.717) is 28.2 Å². The zero-order valence-corrected chi connectivity index (χ0v) is 19.2. The minimum atomic E-state index is -0.139. The van der Waals surface area contributed by atoms with Gasteiger partial charge < -0.3 is 14.4 Å². The monoisotopic (exact) mass is 447 g/mol. The largest absolute Gasteiger partial charge is 0.497 e. The van der Waals surface area contributed by atoms with E-state index in [1.807, 2.05) is 45.3 Å². The van der Waals surface area contributed by atoms with Gasteiger partial charge in [0.2, 0.25) is 0 Å². The molecule has 0 aliphatic rings. The number of aromatic nitrogens is 1. The summed E-state index contributed by atoms with van der Waals surface area (Å²) >= 11 is 7.74.